The van der Waals surface area contributed by atoms with E-state index >= 15 is 0 Å². The Bertz CT molecular complexity index is 518. The van der Waals surface area contributed by atoms with E-state index in [0.29, 0.717) is 18.3 Å². The first-order valence-corrected chi connectivity index (χ1v) is 9.48. The summed E-state index contributed by atoms with van der Waals surface area (Å²) < 4.78 is 0. The first-order valence-electron chi connectivity index (χ1n) is 9.48. The van der Waals surface area contributed by atoms with Crippen LogP contribution in [0.4, 0.5) is 0 Å². The van der Waals surface area contributed by atoms with E-state index in [1.807, 2.05) is 6.92 Å². The largest absolute Gasteiger partial charge is 0.396 e. The number of hydrogen-bond acceptors (Lipinski definition) is 4. The van der Waals surface area contributed by atoms with Gasteiger partial charge in [-0.25, -0.2) is 0 Å². The van der Waals surface area contributed by atoms with Crippen LogP contribution in [0.2, 0.25) is 0 Å². The molecule has 24 heavy (non-hydrogen) atoms. The summed E-state index contributed by atoms with van der Waals surface area (Å²) in [5.74, 6) is 0.837. The SMILES string of the molecule is C[C@@]1(CO)C[C@H](O)C[C@@]2(C)[C@@H]3CC[C@](C)([C@H](O)CO)C=C3CC[C@H]12. The van der Waals surface area contributed by atoms with Gasteiger partial charge in [0.15, 0.2) is 0 Å². The zero-order valence-corrected chi connectivity index (χ0v) is 15.3. The quantitative estimate of drug-likeness (QED) is 0.595. The maximum Gasteiger partial charge on any atom is 0.0858 e. The molecular formula is C20H34O4. The highest BCUT2D eigenvalue weighted by molar-refractivity contribution is 5.25. The molecule has 7 atom stereocenters. The van der Waals surface area contributed by atoms with Crippen molar-refractivity contribution in [3.05, 3.63) is 11.6 Å². The van der Waals surface area contributed by atoms with E-state index in [1.54, 1.807) is 0 Å². The number of allylic oxidation sites excluding steroid dienone is 1. The van der Waals surface area contributed by atoms with Crippen molar-refractivity contribution in [2.24, 2.45) is 28.1 Å². The van der Waals surface area contributed by atoms with Gasteiger partial charge in [0.25, 0.3) is 0 Å². The van der Waals surface area contributed by atoms with Crippen LogP contribution in [0, 0.1) is 28.1 Å². The molecule has 0 aromatic rings. The van der Waals surface area contributed by atoms with Crippen LogP contribution in [0.15, 0.2) is 11.6 Å². The molecule has 2 saturated carbocycles. The molecule has 0 heterocycles. The van der Waals surface area contributed by atoms with E-state index in [4.69, 9.17) is 0 Å². The summed E-state index contributed by atoms with van der Waals surface area (Å²) in [4.78, 5) is 0. The van der Waals surface area contributed by atoms with Gasteiger partial charge in [0, 0.05) is 12.0 Å². The van der Waals surface area contributed by atoms with Crippen LogP contribution in [-0.4, -0.2) is 45.8 Å². The number of hydrogen-bond donors (Lipinski definition) is 4. The predicted octanol–water partition coefficient (Wildman–Crippen LogP) is 2.25. The molecule has 2 fully saturated rings. The van der Waals surface area contributed by atoms with Gasteiger partial charge in [0.05, 0.1) is 18.8 Å². The van der Waals surface area contributed by atoms with Gasteiger partial charge >= 0.3 is 0 Å². The summed E-state index contributed by atoms with van der Waals surface area (Å²) in [6, 6.07) is 0. The molecule has 4 nitrogen and oxygen atoms in total. The van der Waals surface area contributed by atoms with E-state index in [2.05, 4.69) is 19.9 Å². The molecule has 0 radical (unpaired) electrons. The molecular weight excluding hydrogens is 304 g/mol. The lowest BCUT2D eigenvalue weighted by Crippen LogP contribution is -2.56. The van der Waals surface area contributed by atoms with Crippen molar-refractivity contribution in [1.82, 2.24) is 0 Å². The van der Waals surface area contributed by atoms with E-state index in [1.165, 1.54) is 5.57 Å². The van der Waals surface area contributed by atoms with Crippen LogP contribution in [-0.2, 0) is 0 Å². The van der Waals surface area contributed by atoms with Crippen LogP contribution < -0.4 is 0 Å². The molecule has 0 aliphatic heterocycles. The Balaban J connectivity index is 1.95. The highest BCUT2D eigenvalue weighted by Gasteiger charge is 2.57. The fourth-order valence-electron chi connectivity index (χ4n) is 6.46. The van der Waals surface area contributed by atoms with Gasteiger partial charge in [0.2, 0.25) is 0 Å². The lowest BCUT2D eigenvalue weighted by atomic mass is 9.44. The normalized spacial score (nSPS) is 49.8. The maximum atomic E-state index is 10.5. The molecule has 3 aliphatic carbocycles. The molecule has 0 aromatic carbocycles. The average molecular weight is 338 g/mol. The second kappa shape index (κ2) is 6.08. The minimum absolute atomic E-state index is 0.00469. The molecule has 0 saturated heterocycles. The fraction of sp³-hybridized carbons (Fsp3) is 0.900. The van der Waals surface area contributed by atoms with Crippen molar-refractivity contribution in [3.8, 4) is 0 Å². The van der Waals surface area contributed by atoms with Crippen LogP contribution in [0.5, 0.6) is 0 Å². The highest BCUT2D eigenvalue weighted by Crippen LogP contribution is 2.63. The molecule has 3 aliphatic rings. The highest BCUT2D eigenvalue weighted by atomic mass is 16.3. The van der Waals surface area contributed by atoms with Gasteiger partial charge < -0.3 is 20.4 Å². The third-order valence-electron chi connectivity index (χ3n) is 7.76. The van der Waals surface area contributed by atoms with Gasteiger partial charge in [-0.1, -0.05) is 32.4 Å². The molecule has 0 aromatic heterocycles. The zero-order chi connectivity index (χ0) is 17.8. The smallest absolute Gasteiger partial charge is 0.0858 e. The summed E-state index contributed by atoms with van der Waals surface area (Å²) in [5, 5.41) is 40.1. The second-order valence-electron chi connectivity index (χ2n) is 9.49. The molecule has 4 N–H and O–H groups in total. The minimum atomic E-state index is -0.712. The predicted molar refractivity (Wildman–Crippen MR) is 93.3 cm³/mol. The van der Waals surface area contributed by atoms with Crippen LogP contribution in [0.25, 0.3) is 0 Å². The van der Waals surface area contributed by atoms with Crippen LogP contribution in [0.1, 0.15) is 59.3 Å². The van der Waals surface area contributed by atoms with E-state index < -0.39 is 6.10 Å². The van der Waals surface area contributed by atoms with E-state index in [9.17, 15) is 20.4 Å². The van der Waals surface area contributed by atoms with Crippen molar-refractivity contribution in [1.29, 1.82) is 0 Å². The topological polar surface area (TPSA) is 80.9 Å². The van der Waals surface area contributed by atoms with Gasteiger partial charge in [-0.2, -0.15) is 0 Å². The van der Waals surface area contributed by atoms with Gasteiger partial charge in [0.1, 0.15) is 0 Å². The number of aliphatic hydroxyl groups excluding tert-OH is 4. The van der Waals surface area contributed by atoms with E-state index in [0.717, 1.165) is 32.1 Å². The van der Waals surface area contributed by atoms with Crippen LogP contribution in [0.3, 0.4) is 0 Å². The van der Waals surface area contributed by atoms with Crippen LogP contribution >= 0.6 is 0 Å². The summed E-state index contributed by atoms with van der Waals surface area (Å²) in [6.07, 6.45) is 6.54. The third-order valence-corrected chi connectivity index (χ3v) is 7.76. The molecule has 3 rings (SSSR count). The summed E-state index contributed by atoms with van der Waals surface area (Å²) in [5.41, 5.74) is 0.843. The van der Waals surface area contributed by atoms with Gasteiger partial charge in [-0.3, -0.25) is 0 Å². The Hall–Kier alpha value is -0.420. The third kappa shape index (κ3) is 2.66. The van der Waals surface area contributed by atoms with Gasteiger partial charge in [-0.05, 0) is 61.2 Å². The Morgan fingerprint density at radius 2 is 1.88 bits per heavy atom. The Morgan fingerprint density at radius 3 is 2.50 bits per heavy atom. The molecule has 0 amide bonds. The van der Waals surface area contributed by atoms with Crippen molar-refractivity contribution in [2.75, 3.05) is 13.2 Å². The molecule has 0 unspecified atom stereocenters. The van der Waals surface area contributed by atoms with E-state index in [-0.39, 0.29) is 35.6 Å². The molecule has 0 bridgehead atoms. The minimum Gasteiger partial charge on any atom is -0.396 e. The molecule has 4 heteroatoms. The lowest BCUT2D eigenvalue weighted by Gasteiger charge is -2.61. The van der Waals surface area contributed by atoms with Crippen molar-refractivity contribution >= 4 is 0 Å². The first-order chi connectivity index (χ1) is 11.2. The van der Waals surface area contributed by atoms with Gasteiger partial charge in [-0.15, -0.1) is 0 Å². The lowest BCUT2D eigenvalue weighted by molar-refractivity contribution is -0.134. The summed E-state index contributed by atoms with van der Waals surface area (Å²) in [7, 11) is 0. The summed E-state index contributed by atoms with van der Waals surface area (Å²) in [6.45, 7) is 6.41. The average Bonchev–Trinajstić information content (AvgIpc) is 2.52. The number of rotatable bonds is 3. The van der Waals surface area contributed by atoms with Crippen molar-refractivity contribution in [2.45, 2.75) is 71.5 Å². The molecule has 0 spiro atoms. The Labute approximate surface area is 145 Å². The number of aliphatic hydroxyl groups is 4. The van der Waals surface area contributed by atoms with Crippen molar-refractivity contribution in [3.63, 3.8) is 0 Å². The Morgan fingerprint density at radius 1 is 1.17 bits per heavy atom. The molecule has 138 valence electrons. The summed E-state index contributed by atoms with van der Waals surface area (Å²) >= 11 is 0. The monoisotopic (exact) mass is 338 g/mol. The first kappa shape index (κ1) is 18.4. The fourth-order valence-corrected chi connectivity index (χ4v) is 6.46. The second-order valence-corrected chi connectivity index (χ2v) is 9.49. The Kier molecular flexibility index (Phi) is 4.66. The zero-order valence-electron chi connectivity index (χ0n) is 15.3. The van der Waals surface area contributed by atoms with Crippen molar-refractivity contribution < 1.29 is 20.4 Å². The maximum absolute atomic E-state index is 10.5. The number of fused-ring (bicyclic) bond motifs is 3. The standard InChI is InChI=1S/C20H34O4/c1-18(17(24)11-21)7-6-15-13(8-18)4-5-16-19(2,12-22)9-14(23)10-20(15,16)3/h8,14-17,21-24H,4-7,9-12H2,1-3H3/t14-,15+,16+,17+,18-,19-,20-/m0/s1.